The maximum absolute atomic E-state index is 11.9. The van der Waals surface area contributed by atoms with Gasteiger partial charge in [0.2, 0.25) is 0 Å². The van der Waals surface area contributed by atoms with Crippen LogP contribution in [0.1, 0.15) is 0 Å². The van der Waals surface area contributed by atoms with E-state index >= 15 is 0 Å². The van der Waals surface area contributed by atoms with Gasteiger partial charge >= 0.3 is 107 Å². The van der Waals surface area contributed by atoms with Crippen molar-refractivity contribution in [2.45, 2.75) is 0 Å². The van der Waals surface area contributed by atoms with Crippen molar-refractivity contribution in [1.29, 1.82) is 0 Å². The van der Waals surface area contributed by atoms with Crippen molar-refractivity contribution < 1.29 is 24.3 Å². The fourth-order valence-electron chi connectivity index (χ4n) is 0.815. The second kappa shape index (κ2) is 8.33. The topological polar surface area (TPSA) is 98.0 Å². The number of rotatable bonds is 6. The third-order valence-corrected chi connectivity index (χ3v) is 6.27. The molecule has 0 aromatic rings. The molecule has 0 atom stereocenters. The van der Waals surface area contributed by atoms with Crippen LogP contribution < -0.4 is 0 Å². The minimum absolute atomic E-state index is 0.0557. The Morgan fingerprint density at radius 3 is 1.31 bits per heavy atom. The van der Waals surface area contributed by atoms with Crippen LogP contribution in [0.4, 0.5) is 0 Å². The van der Waals surface area contributed by atoms with Gasteiger partial charge in [0.25, 0.3) is 0 Å². The van der Waals surface area contributed by atoms with E-state index in [1.54, 1.807) is 0 Å². The molecule has 0 saturated carbocycles. The van der Waals surface area contributed by atoms with E-state index in [4.69, 9.17) is 43.6 Å². The molecule has 0 aliphatic heterocycles. The van der Waals surface area contributed by atoms with E-state index in [9.17, 15) is 3.83 Å². The van der Waals surface area contributed by atoms with Crippen molar-refractivity contribution in [1.82, 2.24) is 0 Å². The van der Waals surface area contributed by atoms with Crippen LogP contribution in [0.25, 0.3) is 0 Å². The molecule has 0 radical (unpaired) electrons. The second-order valence-electron chi connectivity index (χ2n) is 2.56. The van der Waals surface area contributed by atoms with Crippen molar-refractivity contribution in [2.75, 3.05) is 26.4 Å². The normalized spacial score (nSPS) is 14.9. The maximum atomic E-state index is 11.9. The number of hydrogen-bond donors (Lipinski definition) is 4. The summed E-state index contributed by atoms with van der Waals surface area (Å²) in [7, 11) is 0. The van der Waals surface area contributed by atoms with Crippen LogP contribution in [0.3, 0.4) is 0 Å². The number of aliphatic hydroxyl groups is 4. The average Bonchev–Trinajstić information content (AvgIpc) is 2.30. The second-order valence-corrected chi connectivity index (χ2v) is 6.67. The van der Waals surface area contributed by atoms with E-state index in [0.717, 1.165) is 0 Å². The van der Waals surface area contributed by atoms with Crippen molar-refractivity contribution in [3.8, 4) is 0 Å². The molecule has 0 aliphatic carbocycles. The van der Waals surface area contributed by atoms with Gasteiger partial charge in [-0.15, -0.1) is 0 Å². The van der Waals surface area contributed by atoms with Gasteiger partial charge in [-0.25, -0.2) is 0 Å². The van der Waals surface area contributed by atoms with Crippen LogP contribution >= 0.6 is 23.2 Å². The number of hydrogen-bond acceptors (Lipinski definition) is 5. The van der Waals surface area contributed by atoms with E-state index in [0.29, 0.717) is 0 Å². The zero-order valence-corrected chi connectivity index (χ0v) is 11.4. The molecule has 0 aromatic heterocycles. The molecule has 0 bridgehead atoms. The standard InChI is InChI=1S/C8H12Cl2O5Se/c9-5(1-11)7(3-13)16(15)8(4-14)6(10)2-12/h11-14H,1-4H2/b7-5+,8-6+. The summed E-state index contributed by atoms with van der Waals surface area (Å²) in [6.45, 7) is -2.33. The van der Waals surface area contributed by atoms with Gasteiger partial charge in [-0.3, -0.25) is 0 Å². The average molecular weight is 338 g/mol. The Balaban J connectivity index is 5.33. The van der Waals surface area contributed by atoms with E-state index in [1.165, 1.54) is 0 Å². The van der Waals surface area contributed by atoms with Crippen molar-refractivity contribution in [3.05, 3.63) is 19.0 Å². The van der Waals surface area contributed by atoms with E-state index in [2.05, 4.69) is 0 Å². The molecule has 0 amide bonds. The Morgan fingerprint density at radius 1 is 0.812 bits per heavy atom. The predicted molar refractivity (Wildman–Crippen MR) is 60.5 cm³/mol. The molecular formula is C8H12Cl2O5Se. The predicted octanol–water partition coefficient (Wildman–Crippen LogP) is -0.558. The van der Waals surface area contributed by atoms with Crippen molar-refractivity contribution in [2.24, 2.45) is 0 Å². The van der Waals surface area contributed by atoms with Gasteiger partial charge in [0.05, 0.1) is 0 Å². The van der Waals surface area contributed by atoms with Gasteiger partial charge < -0.3 is 0 Å². The molecule has 0 aliphatic rings. The molecule has 0 heterocycles. The summed E-state index contributed by atoms with van der Waals surface area (Å²) in [5, 5.41) is 35.2. The molecule has 16 heavy (non-hydrogen) atoms. The first-order valence-corrected chi connectivity index (χ1v) is 7.30. The van der Waals surface area contributed by atoms with E-state index < -0.39 is 40.3 Å². The van der Waals surface area contributed by atoms with Gasteiger partial charge in [0.1, 0.15) is 0 Å². The van der Waals surface area contributed by atoms with Crippen LogP contribution in [-0.4, -0.2) is 60.7 Å². The van der Waals surface area contributed by atoms with Crippen LogP contribution in [-0.2, 0) is 3.83 Å². The summed E-state index contributed by atoms with van der Waals surface area (Å²) in [4.78, 5) is 0. The zero-order chi connectivity index (χ0) is 12.7. The Hall–Kier alpha value is 0.219. The fraction of sp³-hybridized carbons (Fsp3) is 0.500. The molecular weight excluding hydrogens is 326 g/mol. The summed E-state index contributed by atoms with van der Waals surface area (Å²) in [5.74, 6) is 0. The molecule has 0 saturated heterocycles. The molecule has 0 rings (SSSR count). The molecule has 0 aromatic carbocycles. The van der Waals surface area contributed by atoms with Crippen LogP contribution in [0.2, 0.25) is 0 Å². The molecule has 4 N–H and O–H groups in total. The number of halogens is 2. The third kappa shape index (κ3) is 4.24. The quantitative estimate of drug-likeness (QED) is 0.487. The Bertz CT molecular complexity index is 296. The van der Waals surface area contributed by atoms with Gasteiger partial charge in [0.15, 0.2) is 0 Å². The molecule has 0 fully saturated rings. The van der Waals surface area contributed by atoms with Gasteiger partial charge in [-0.05, 0) is 0 Å². The first-order chi connectivity index (χ1) is 7.53. The Kier molecular flexibility index (Phi) is 8.45. The van der Waals surface area contributed by atoms with E-state index in [1.807, 2.05) is 0 Å². The third-order valence-electron chi connectivity index (χ3n) is 1.62. The van der Waals surface area contributed by atoms with Gasteiger partial charge in [-0.2, -0.15) is 0 Å². The first-order valence-electron chi connectivity index (χ1n) is 4.13. The minimum atomic E-state index is -3.01. The summed E-state index contributed by atoms with van der Waals surface area (Å²) < 4.78 is 11.8. The van der Waals surface area contributed by atoms with E-state index in [-0.39, 0.29) is 19.0 Å². The van der Waals surface area contributed by atoms with Crippen molar-refractivity contribution >= 4 is 37.0 Å². The summed E-state index contributed by atoms with van der Waals surface area (Å²) in [6, 6.07) is 0. The van der Waals surface area contributed by atoms with Crippen LogP contribution in [0.5, 0.6) is 0 Å². The molecule has 0 spiro atoms. The monoisotopic (exact) mass is 338 g/mol. The van der Waals surface area contributed by atoms with Crippen molar-refractivity contribution in [3.63, 3.8) is 0 Å². The Labute approximate surface area is 107 Å². The van der Waals surface area contributed by atoms with Gasteiger partial charge in [-0.1, -0.05) is 0 Å². The molecule has 94 valence electrons. The zero-order valence-electron chi connectivity index (χ0n) is 8.19. The van der Waals surface area contributed by atoms with Crippen LogP contribution in [0, 0.1) is 0 Å². The fourth-order valence-corrected chi connectivity index (χ4v) is 3.89. The SMILES string of the molecule is O=[Se](/C(CO)=C(/Cl)CO)/C(CO)=C(/Cl)CO. The van der Waals surface area contributed by atoms with Gasteiger partial charge in [0, 0.05) is 0 Å². The molecule has 8 heteroatoms. The summed E-state index contributed by atoms with van der Waals surface area (Å²) in [6.07, 6.45) is 0. The molecule has 5 nitrogen and oxygen atoms in total. The molecule has 0 unspecified atom stereocenters. The summed E-state index contributed by atoms with van der Waals surface area (Å²) in [5.41, 5.74) is 0. The first kappa shape index (κ1) is 16.2. The summed E-state index contributed by atoms with van der Waals surface area (Å²) >= 11 is 8.12. The Morgan fingerprint density at radius 2 is 1.12 bits per heavy atom. The van der Waals surface area contributed by atoms with Crippen LogP contribution in [0.15, 0.2) is 19.0 Å². The number of aliphatic hydroxyl groups excluding tert-OH is 4.